The van der Waals surface area contributed by atoms with Crippen molar-refractivity contribution in [1.82, 2.24) is 4.90 Å². The van der Waals surface area contributed by atoms with Crippen LogP contribution < -0.4 is 5.73 Å². The number of carbonyl (C=O) groups is 1. The summed E-state index contributed by atoms with van der Waals surface area (Å²) < 4.78 is 4.74. The van der Waals surface area contributed by atoms with Crippen molar-refractivity contribution >= 4 is 5.97 Å². The van der Waals surface area contributed by atoms with Gasteiger partial charge in [-0.05, 0) is 43.5 Å². The molecule has 1 fully saturated rings. The first kappa shape index (κ1) is 14.0. The first-order chi connectivity index (χ1) is 9.10. The van der Waals surface area contributed by atoms with Crippen molar-refractivity contribution in [1.29, 1.82) is 0 Å². The lowest BCUT2D eigenvalue weighted by atomic mass is 10.0. The molecule has 1 saturated heterocycles. The molecule has 4 heteroatoms. The zero-order valence-corrected chi connectivity index (χ0v) is 11.6. The number of esters is 1. The lowest BCUT2D eigenvalue weighted by Crippen LogP contribution is -2.29. The molecular formula is C15H22N2O2. The molecule has 0 saturated carbocycles. The van der Waals surface area contributed by atoms with Crippen LogP contribution in [0.3, 0.4) is 0 Å². The third-order valence-corrected chi connectivity index (χ3v) is 3.81. The van der Waals surface area contributed by atoms with Crippen LogP contribution in [-0.2, 0) is 11.3 Å². The van der Waals surface area contributed by atoms with Gasteiger partial charge in [0.05, 0.1) is 12.7 Å². The minimum Gasteiger partial charge on any atom is -0.465 e. The van der Waals surface area contributed by atoms with E-state index in [0.29, 0.717) is 11.5 Å². The zero-order chi connectivity index (χ0) is 13.8. The Morgan fingerprint density at radius 3 is 3.00 bits per heavy atom. The summed E-state index contributed by atoms with van der Waals surface area (Å²) in [7, 11) is 1.41. The topological polar surface area (TPSA) is 55.6 Å². The first-order valence-corrected chi connectivity index (χ1v) is 6.75. The van der Waals surface area contributed by atoms with E-state index in [-0.39, 0.29) is 12.0 Å². The van der Waals surface area contributed by atoms with Crippen molar-refractivity contribution in [2.45, 2.75) is 25.9 Å². The Hall–Kier alpha value is -1.39. The molecule has 1 heterocycles. The molecule has 1 aromatic carbocycles. The minimum absolute atomic E-state index is 0.256. The van der Waals surface area contributed by atoms with E-state index in [1.54, 1.807) is 6.07 Å². The van der Waals surface area contributed by atoms with Gasteiger partial charge in [-0.2, -0.15) is 0 Å². The van der Waals surface area contributed by atoms with Crippen LogP contribution in [0.25, 0.3) is 0 Å². The molecule has 2 unspecified atom stereocenters. The molecule has 1 aliphatic rings. The van der Waals surface area contributed by atoms with E-state index in [0.717, 1.165) is 31.6 Å². The van der Waals surface area contributed by atoms with Crippen LogP contribution in [0.5, 0.6) is 0 Å². The molecule has 0 spiro atoms. The largest absolute Gasteiger partial charge is 0.465 e. The van der Waals surface area contributed by atoms with Crippen molar-refractivity contribution in [3.8, 4) is 0 Å². The van der Waals surface area contributed by atoms with E-state index in [1.807, 2.05) is 18.2 Å². The maximum Gasteiger partial charge on any atom is 0.337 e. The van der Waals surface area contributed by atoms with Gasteiger partial charge in [0, 0.05) is 19.1 Å². The molecule has 2 N–H and O–H groups in total. The molecule has 0 radical (unpaired) electrons. The number of likely N-dealkylation sites (tertiary alicyclic amines) is 1. The molecule has 2 atom stereocenters. The highest BCUT2D eigenvalue weighted by Crippen LogP contribution is 2.21. The monoisotopic (exact) mass is 262 g/mol. The number of carbonyl (C=O) groups excluding carboxylic acids is 1. The quantitative estimate of drug-likeness (QED) is 0.838. The van der Waals surface area contributed by atoms with E-state index in [2.05, 4.69) is 11.8 Å². The second kappa shape index (κ2) is 6.17. The van der Waals surface area contributed by atoms with Crippen molar-refractivity contribution in [3.05, 3.63) is 35.4 Å². The molecule has 0 amide bonds. The second-order valence-corrected chi connectivity index (χ2v) is 5.33. The Balaban J connectivity index is 1.98. The van der Waals surface area contributed by atoms with E-state index < -0.39 is 0 Å². The van der Waals surface area contributed by atoms with Gasteiger partial charge in [0.25, 0.3) is 0 Å². The Bertz CT molecular complexity index is 446. The maximum absolute atomic E-state index is 11.5. The fourth-order valence-corrected chi connectivity index (χ4v) is 2.61. The van der Waals surface area contributed by atoms with Crippen molar-refractivity contribution in [3.63, 3.8) is 0 Å². The highest BCUT2D eigenvalue weighted by Gasteiger charge is 2.25. The number of rotatable bonds is 4. The van der Waals surface area contributed by atoms with Crippen LogP contribution in [0.2, 0.25) is 0 Å². The summed E-state index contributed by atoms with van der Waals surface area (Å²) >= 11 is 0. The van der Waals surface area contributed by atoms with Gasteiger partial charge in [-0.1, -0.05) is 12.1 Å². The van der Waals surface area contributed by atoms with Gasteiger partial charge in [-0.25, -0.2) is 4.79 Å². The lowest BCUT2D eigenvalue weighted by Gasteiger charge is -2.18. The summed E-state index contributed by atoms with van der Waals surface area (Å²) in [5.41, 5.74) is 7.71. The normalized spacial score (nSPS) is 21.3. The van der Waals surface area contributed by atoms with Crippen molar-refractivity contribution in [2.75, 3.05) is 20.2 Å². The van der Waals surface area contributed by atoms with Crippen LogP contribution in [0, 0.1) is 5.92 Å². The Labute approximate surface area is 114 Å². The van der Waals surface area contributed by atoms with Crippen LogP contribution in [0.4, 0.5) is 0 Å². The van der Waals surface area contributed by atoms with Crippen LogP contribution in [0.15, 0.2) is 24.3 Å². The van der Waals surface area contributed by atoms with E-state index in [4.69, 9.17) is 10.5 Å². The van der Waals surface area contributed by atoms with Gasteiger partial charge >= 0.3 is 5.97 Å². The van der Waals surface area contributed by atoms with E-state index in [1.165, 1.54) is 7.11 Å². The van der Waals surface area contributed by atoms with Gasteiger partial charge in [0.1, 0.15) is 0 Å². The average Bonchev–Trinajstić information content (AvgIpc) is 2.87. The van der Waals surface area contributed by atoms with Crippen molar-refractivity contribution < 1.29 is 9.53 Å². The van der Waals surface area contributed by atoms with Gasteiger partial charge in [-0.15, -0.1) is 0 Å². The smallest absolute Gasteiger partial charge is 0.337 e. The third kappa shape index (κ3) is 3.55. The van der Waals surface area contributed by atoms with Gasteiger partial charge in [0.15, 0.2) is 0 Å². The fourth-order valence-electron chi connectivity index (χ4n) is 2.61. The molecule has 1 aromatic rings. The summed E-state index contributed by atoms with van der Waals surface area (Å²) in [5, 5.41) is 0. The SMILES string of the molecule is COC(=O)c1cccc(CN2CCC(C(C)N)C2)c1. The van der Waals surface area contributed by atoms with E-state index >= 15 is 0 Å². The summed E-state index contributed by atoms with van der Waals surface area (Å²) in [6.45, 7) is 5.06. The Morgan fingerprint density at radius 2 is 2.37 bits per heavy atom. The molecule has 0 bridgehead atoms. The number of nitrogens with two attached hydrogens (primary N) is 1. The Morgan fingerprint density at radius 1 is 1.58 bits per heavy atom. The van der Waals surface area contributed by atoms with Crippen LogP contribution in [-0.4, -0.2) is 37.1 Å². The molecule has 0 aromatic heterocycles. The standard InChI is InChI=1S/C15H22N2O2/c1-11(16)14-6-7-17(10-14)9-12-4-3-5-13(8-12)15(18)19-2/h3-5,8,11,14H,6-7,9-10,16H2,1-2H3. The summed E-state index contributed by atoms with van der Waals surface area (Å²) in [4.78, 5) is 13.9. The summed E-state index contributed by atoms with van der Waals surface area (Å²) in [6.07, 6.45) is 1.16. The third-order valence-electron chi connectivity index (χ3n) is 3.81. The second-order valence-electron chi connectivity index (χ2n) is 5.33. The number of benzene rings is 1. The molecule has 0 aliphatic carbocycles. The number of ether oxygens (including phenoxy) is 1. The summed E-state index contributed by atoms with van der Waals surface area (Å²) in [6, 6.07) is 7.90. The molecule has 104 valence electrons. The number of nitrogens with zero attached hydrogens (tertiary/aromatic N) is 1. The highest BCUT2D eigenvalue weighted by atomic mass is 16.5. The average molecular weight is 262 g/mol. The van der Waals surface area contributed by atoms with E-state index in [9.17, 15) is 4.79 Å². The van der Waals surface area contributed by atoms with Crippen LogP contribution in [0.1, 0.15) is 29.3 Å². The van der Waals surface area contributed by atoms with Gasteiger partial charge in [0.2, 0.25) is 0 Å². The molecule has 19 heavy (non-hydrogen) atoms. The molecule has 4 nitrogen and oxygen atoms in total. The molecular weight excluding hydrogens is 240 g/mol. The molecule has 1 aliphatic heterocycles. The minimum atomic E-state index is -0.281. The summed E-state index contributed by atoms with van der Waals surface area (Å²) in [5.74, 6) is 0.306. The van der Waals surface area contributed by atoms with Crippen molar-refractivity contribution in [2.24, 2.45) is 11.7 Å². The zero-order valence-electron chi connectivity index (χ0n) is 11.6. The number of hydrogen-bond donors (Lipinski definition) is 1. The van der Waals surface area contributed by atoms with Gasteiger partial charge < -0.3 is 10.5 Å². The number of methoxy groups -OCH3 is 1. The predicted octanol–water partition coefficient (Wildman–Crippen LogP) is 1.64. The van der Waals surface area contributed by atoms with Gasteiger partial charge in [-0.3, -0.25) is 4.90 Å². The highest BCUT2D eigenvalue weighted by molar-refractivity contribution is 5.89. The fraction of sp³-hybridized carbons (Fsp3) is 0.533. The lowest BCUT2D eigenvalue weighted by molar-refractivity contribution is 0.0600. The maximum atomic E-state index is 11.5. The first-order valence-electron chi connectivity index (χ1n) is 6.75. The number of hydrogen-bond acceptors (Lipinski definition) is 4. The molecule has 2 rings (SSSR count). The van der Waals surface area contributed by atoms with Crippen LogP contribution >= 0.6 is 0 Å². The predicted molar refractivity (Wildman–Crippen MR) is 74.8 cm³/mol. The Kier molecular flexibility index (Phi) is 4.56.